The summed E-state index contributed by atoms with van der Waals surface area (Å²) in [6, 6.07) is 14.9. The van der Waals surface area contributed by atoms with Crippen molar-refractivity contribution in [3.63, 3.8) is 0 Å². The summed E-state index contributed by atoms with van der Waals surface area (Å²) in [7, 11) is 1.34. The van der Waals surface area contributed by atoms with Crippen LogP contribution in [0.4, 0.5) is 5.69 Å². The highest BCUT2D eigenvalue weighted by Gasteiger charge is 2.24. The summed E-state index contributed by atoms with van der Waals surface area (Å²) in [5.74, 6) is 0.206. The Balaban J connectivity index is 1.65. The molecule has 0 fully saturated rings. The second kappa shape index (κ2) is 8.53. The van der Waals surface area contributed by atoms with Gasteiger partial charge in [0.1, 0.15) is 11.5 Å². The van der Waals surface area contributed by atoms with Gasteiger partial charge in [0.2, 0.25) is 0 Å². The van der Waals surface area contributed by atoms with E-state index in [0.29, 0.717) is 16.9 Å². The van der Waals surface area contributed by atoms with Crippen LogP contribution in [-0.4, -0.2) is 28.5 Å². The minimum Gasteiger partial charge on any atom is -0.465 e. The number of imidazole rings is 1. The van der Waals surface area contributed by atoms with Crippen molar-refractivity contribution in [2.24, 2.45) is 0 Å². The molecule has 0 saturated carbocycles. The lowest BCUT2D eigenvalue weighted by Gasteiger charge is -2.09. The Morgan fingerprint density at radius 1 is 1.00 bits per heavy atom. The lowest BCUT2D eigenvalue weighted by Crippen LogP contribution is -2.15. The van der Waals surface area contributed by atoms with E-state index in [0.717, 1.165) is 49.3 Å². The van der Waals surface area contributed by atoms with Gasteiger partial charge in [0.25, 0.3) is 5.91 Å². The molecule has 1 amide bonds. The Kier molecular flexibility index (Phi) is 5.65. The molecule has 0 atom stereocenters. The molecule has 1 aliphatic heterocycles. The molecule has 1 aromatic heterocycles. The van der Waals surface area contributed by atoms with Crippen LogP contribution in [0.3, 0.4) is 0 Å². The molecule has 30 heavy (non-hydrogen) atoms. The van der Waals surface area contributed by atoms with Crippen LogP contribution in [-0.2, 0) is 17.7 Å². The first-order valence-corrected chi connectivity index (χ1v) is 10.2. The number of nitrogens with zero attached hydrogens (tertiary/aromatic N) is 2. The monoisotopic (exact) mass is 403 g/mol. The van der Waals surface area contributed by atoms with Crippen LogP contribution in [0.1, 0.15) is 51.4 Å². The fourth-order valence-electron chi connectivity index (χ4n) is 3.82. The van der Waals surface area contributed by atoms with Crippen molar-refractivity contribution in [2.45, 2.75) is 39.2 Å². The smallest absolute Gasteiger partial charge is 0.337 e. The van der Waals surface area contributed by atoms with E-state index in [9.17, 15) is 9.59 Å². The summed E-state index contributed by atoms with van der Waals surface area (Å²) in [5.41, 5.74) is 4.73. The number of ether oxygens (including phenoxy) is 1. The van der Waals surface area contributed by atoms with E-state index >= 15 is 0 Å². The van der Waals surface area contributed by atoms with Gasteiger partial charge in [-0.2, -0.15) is 0 Å². The number of hydrogen-bond donors (Lipinski definition) is 1. The van der Waals surface area contributed by atoms with E-state index in [-0.39, 0.29) is 5.91 Å². The predicted molar refractivity (Wildman–Crippen MR) is 116 cm³/mol. The number of carbonyl (C=O) groups is 2. The van der Waals surface area contributed by atoms with E-state index < -0.39 is 5.97 Å². The molecule has 0 bridgehead atoms. The molecule has 0 aliphatic carbocycles. The van der Waals surface area contributed by atoms with E-state index in [4.69, 9.17) is 9.72 Å². The molecular formula is C24H25N3O3. The van der Waals surface area contributed by atoms with E-state index in [1.165, 1.54) is 12.7 Å². The summed E-state index contributed by atoms with van der Waals surface area (Å²) < 4.78 is 6.92. The van der Waals surface area contributed by atoms with Crippen LogP contribution in [0.5, 0.6) is 0 Å². The molecule has 0 saturated heterocycles. The molecule has 1 aliphatic rings. The van der Waals surface area contributed by atoms with E-state index in [2.05, 4.69) is 41.1 Å². The molecule has 2 heterocycles. The van der Waals surface area contributed by atoms with Gasteiger partial charge in [-0.15, -0.1) is 0 Å². The van der Waals surface area contributed by atoms with Crippen LogP contribution in [0.15, 0.2) is 48.5 Å². The average Bonchev–Trinajstić information content (AvgIpc) is 2.95. The fourth-order valence-corrected chi connectivity index (χ4v) is 3.82. The third kappa shape index (κ3) is 3.99. The molecule has 3 aromatic rings. The maximum Gasteiger partial charge on any atom is 0.337 e. The minimum absolute atomic E-state index is 0.232. The van der Waals surface area contributed by atoms with Crippen LogP contribution in [0.2, 0.25) is 0 Å². The van der Waals surface area contributed by atoms with Crippen LogP contribution < -0.4 is 5.32 Å². The first-order valence-electron chi connectivity index (χ1n) is 10.2. The Morgan fingerprint density at radius 2 is 1.73 bits per heavy atom. The number of fused-ring (bicyclic) bond motifs is 1. The quantitative estimate of drug-likeness (QED) is 0.645. The number of rotatable bonds is 4. The second-order valence-electron chi connectivity index (χ2n) is 7.58. The number of anilines is 1. The number of nitrogens with one attached hydrogen (secondary N) is 1. The lowest BCUT2D eigenvalue weighted by molar-refractivity contribution is 0.0600. The molecule has 6 heteroatoms. The first kappa shape index (κ1) is 19.9. The number of aryl methyl sites for hydroxylation is 1. The van der Waals surface area contributed by atoms with Crippen molar-refractivity contribution < 1.29 is 14.3 Å². The van der Waals surface area contributed by atoms with Crippen molar-refractivity contribution in [3.8, 4) is 11.4 Å². The Morgan fingerprint density at radius 3 is 2.43 bits per heavy atom. The molecule has 1 N–H and O–H groups in total. The molecule has 0 unspecified atom stereocenters. The first-order chi connectivity index (χ1) is 14.6. The highest BCUT2D eigenvalue weighted by Crippen LogP contribution is 2.28. The summed E-state index contributed by atoms with van der Waals surface area (Å²) in [4.78, 5) is 29.5. The average molecular weight is 403 g/mol. The van der Waals surface area contributed by atoms with Gasteiger partial charge in [0.15, 0.2) is 0 Å². The van der Waals surface area contributed by atoms with Gasteiger partial charge < -0.3 is 14.6 Å². The maximum absolute atomic E-state index is 13.1. The highest BCUT2D eigenvalue weighted by molar-refractivity contribution is 6.04. The van der Waals surface area contributed by atoms with Crippen LogP contribution in [0.25, 0.3) is 11.4 Å². The van der Waals surface area contributed by atoms with E-state index in [1.807, 2.05) is 0 Å². The summed E-state index contributed by atoms with van der Waals surface area (Å²) >= 11 is 0. The number of hydrogen-bond acceptors (Lipinski definition) is 4. The summed E-state index contributed by atoms with van der Waals surface area (Å²) in [6.45, 7) is 2.92. The fraction of sp³-hybridized carbons (Fsp3) is 0.292. The van der Waals surface area contributed by atoms with Gasteiger partial charge in [-0.1, -0.05) is 36.2 Å². The zero-order valence-electron chi connectivity index (χ0n) is 17.3. The van der Waals surface area contributed by atoms with Crippen molar-refractivity contribution in [3.05, 3.63) is 71.0 Å². The number of aromatic nitrogens is 2. The van der Waals surface area contributed by atoms with Crippen LogP contribution >= 0.6 is 0 Å². The third-order valence-corrected chi connectivity index (χ3v) is 5.46. The maximum atomic E-state index is 13.1. The van der Waals surface area contributed by atoms with Gasteiger partial charge in [-0.3, -0.25) is 4.79 Å². The summed E-state index contributed by atoms with van der Waals surface area (Å²) in [6.07, 6.45) is 4.11. The normalized spacial score (nSPS) is 13.3. The van der Waals surface area contributed by atoms with Gasteiger partial charge in [-0.25, -0.2) is 9.78 Å². The molecule has 2 aromatic carbocycles. The molecule has 6 nitrogen and oxygen atoms in total. The van der Waals surface area contributed by atoms with Gasteiger partial charge in [-0.05, 0) is 50.5 Å². The summed E-state index contributed by atoms with van der Waals surface area (Å²) in [5, 5.41) is 2.92. The Bertz CT molecular complexity index is 1070. The zero-order chi connectivity index (χ0) is 21.1. The van der Waals surface area contributed by atoms with Crippen molar-refractivity contribution in [1.29, 1.82) is 0 Å². The standard InChI is InChI=1S/C24H25N3O3/c1-16-7-9-17(10-8-16)22-26-21(20-6-4-3-5-15-27(20)22)23(28)25-19-13-11-18(12-14-19)24(29)30-2/h7-14H,3-6,15H2,1-2H3,(H,25,28). The zero-order valence-corrected chi connectivity index (χ0v) is 17.3. The second-order valence-corrected chi connectivity index (χ2v) is 7.58. The van der Waals surface area contributed by atoms with Crippen molar-refractivity contribution >= 4 is 17.6 Å². The number of esters is 1. The molecule has 154 valence electrons. The number of amides is 1. The van der Waals surface area contributed by atoms with Crippen LogP contribution in [0, 0.1) is 6.92 Å². The minimum atomic E-state index is -0.407. The SMILES string of the molecule is COC(=O)c1ccc(NC(=O)c2nc(-c3ccc(C)cc3)n3c2CCCCC3)cc1. The number of benzene rings is 2. The van der Waals surface area contributed by atoms with Gasteiger partial charge >= 0.3 is 5.97 Å². The molecule has 4 rings (SSSR count). The van der Waals surface area contributed by atoms with E-state index in [1.54, 1.807) is 24.3 Å². The van der Waals surface area contributed by atoms with Gasteiger partial charge in [0, 0.05) is 17.8 Å². The topological polar surface area (TPSA) is 73.2 Å². The number of carbonyl (C=O) groups excluding carboxylic acids is 2. The Labute approximate surface area is 175 Å². The largest absolute Gasteiger partial charge is 0.465 e. The molecular weight excluding hydrogens is 378 g/mol. The lowest BCUT2D eigenvalue weighted by atomic mass is 10.1. The number of methoxy groups -OCH3 is 1. The van der Waals surface area contributed by atoms with Gasteiger partial charge in [0.05, 0.1) is 18.4 Å². The van der Waals surface area contributed by atoms with Crippen molar-refractivity contribution in [1.82, 2.24) is 9.55 Å². The molecule has 0 spiro atoms. The molecule has 0 radical (unpaired) electrons. The predicted octanol–water partition coefficient (Wildman–Crippen LogP) is 4.62. The third-order valence-electron chi connectivity index (χ3n) is 5.46. The van der Waals surface area contributed by atoms with Crippen molar-refractivity contribution in [2.75, 3.05) is 12.4 Å². The Hall–Kier alpha value is -3.41. The highest BCUT2D eigenvalue weighted by atomic mass is 16.5.